The molecule has 0 aliphatic carbocycles. The molecule has 3 nitrogen and oxygen atoms in total. The van der Waals surface area contributed by atoms with Gasteiger partial charge in [0, 0.05) is 11.4 Å². The summed E-state index contributed by atoms with van der Waals surface area (Å²) in [6.07, 6.45) is 0. The van der Waals surface area contributed by atoms with Gasteiger partial charge < -0.3 is 4.74 Å². The third-order valence-electron chi connectivity index (χ3n) is 3.04. The first kappa shape index (κ1) is 11.0. The molecule has 3 heteroatoms. The highest BCUT2D eigenvalue weighted by molar-refractivity contribution is 6.10. The zero-order valence-electron chi connectivity index (χ0n) is 9.47. The summed E-state index contributed by atoms with van der Waals surface area (Å²) in [6, 6.07) is 0. The van der Waals surface area contributed by atoms with Crippen molar-refractivity contribution in [2.75, 3.05) is 6.61 Å². The molecule has 78 valence electrons. The average molecular weight is 195 g/mol. The van der Waals surface area contributed by atoms with Crippen molar-refractivity contribution in [3.8, 4) is 0 Å². The summed E-state index contributed by atoms with van der Waals surface area (Å²) >= 11 is 0. The Balaban J connectivity index is 3.06. The molecule has 1 aliphatic rings. The van der Waals surface area contributed by atoms with Gasteiger partial charge in [0.25, 0.3) is 0 Å². The quantitative estimate of drug-likeness (QED) is 0.634. The minimum atomic E-state index is -0.639. The number of ether oxygens (including phenoxy) is 1. The molecular formula is C11H17NO2. The molecule has 1 rings (SSSR count). The Bertz CT molecular complexity index is 328. The van der Waals surface area contributed by atoms with E-state index in [-0.39, 0.29) is 5.97 Å². The largest absolute Gasteiger partial charge is 0.465 e. The molecule has 0 saturated heterocycles. The van der Waals surface area contributed by atoms with E-state index in [1.54, 1.807) is 0 Å². The summed E-state index contributed by atoms with van der Waals surface area (Å²) in [5, 5.41) is 0. The molecule has 0 bridgehead atoms. The van der Waals surface area contributed by atoms with E-state index in [0.717, 1.165) is 17.0 Å². The van der Waals surface area contributed by atoms with Gasteiger partial charge in [-0.3, -0.25) is 9.79 Å². The van der Waals surface area contributed by atoms with Crippen molar-refractivity contribution in [3.05, 3.63) is 11.3 Å². The fourth-order valence-electron chi connectivity index (χ4n) is 1.66. The normalized spacial score (nSPS) is 26.5. The predicted molar refractivity (Wildman–Crippen MR) is 56.2 cm³/mol. The maximum absolute atomic E-state index is 11.8. The van der Waals surface area contributed by atoms with Crippen LogP contribution in [0.5, 0.6) is 0 Å². The van der Waals surface area contributed by atoms with Gasteiger partial charge in [0.1, 0.15) is 5.41 Å². The van der Waals surface area contributed by atoms with Crippen molar-refractivity contribution < 1.29 is 9.53 Å². The molecule has 1 unspecified atom stereocenters. The van der Waals surface area contributed by atoms with E-state index in [0.29, 0.717) is 6.61 Å². The number of hydrogen-bond acceptors (Lipinski definition) is 3. The molecule has 0 aromatic carbocycles. The van der Waals surface area contributed by atoms with Crippen LogP contribution < -0.4 is 0 Å². The first-order valence-electron chi connectivity index (χ1n) is 4.85. The second-order valence-electron chi connectivity index (χ2n) is 3.75. The SMILES string of the molecule is CCOC(=O)C1(C)C(C)=NC(C)=C1C. The molecule has 0 saturated carbocycles. The lowest BCUT2D eigenvalue weighted by Gasteiger charge is -2.24. The Kier molecular flexibility index (Phi) is 2.79. The molecule has 14 heavy (non-hydrogen) atoms. The predicted octanol–water partition coefficient (Wildman–Crippen LogP) is 2.32. The van der Waals surface area contributed by atoms with Gasteiger partial charge >= 0.3 is 5.97 Å². The van der Waals surface area contributed by atoms with Crippen LogP contribution >= 0.6 is 0 Å². The molecule has 0 spiro atoms. The van der Waals surface area contributed by atoms with Crippen LogP contribution in [0.25, 0.3) is 0 Å². The summed E-state index contributed by atoms with van der Waals surface area (Å²) in [5.74, 6) is -0.199. The van der Waals surface area contributed by atoms with Gasteiger partial charge in [0.05, 0.1) is 6.61 Å². The summed E-state index contributed by atoms with van der Waals surface area (Å²) in [7, 11) is 0. The Hall–Kier alpha value is -1.12. The number of esters is 1. The van der Waals surface area contributed by atoms with E-state index in [1.165, 1.54) is 0 Å². The van der Waals surface area contributed by atoms with Crippen molar-refractivity contribution in [1.82, 2.24) is 0 Å². The Morgan fingerprint density at radius 1 is 1.43 bits per heavy atom. The van der Waals surface area contributed by atoms with Crippen LogP contribution in [-0.4, -0.2) is 18.3 Å². The monoisotopic (exact) mass is 195 g/mol. The first-order chi connectivity index (χ1) is 6.44. The number of aliphatic imine (C=N–C) groups is 1. The zero-order valence-corrected chi connectivity index (χ0v) is 9.47. The number of carbonyl (C=O) groups excluding carboxylic acids is 1. The minimum Gasteiger partial charge on any atom is -0.465 e. The molecule has 0 fully saturated rings. The fourth-order valence-corrected chi connectivity index (χ4v) is 1.66. The van der Waals surface area contributed by atoms with Gasteiger partial charge in [-0.25, -0.2) is 0 Å². The van der Waals surface area contributed by atoms with Gasteiger partial charge in [0.2, 0.25) is 0 Å². The van der Waals surface area contributed by atoms with Crippen LogP contribution in [0.2, 0.25) is 0 Å². The van der Waals surface area contributed by atoms with E-state index in [4.69, 9.17) is 4.74 Å². The molecule has 1 aliphatic heterocycles. The number of rotatable bonds is 2. The van der Waals surface area contributed by atoms with Crippen LogP contribution in [0, 0.1) is 5.41 Å². The molecule has 0 amide bonds. The Morgan fingerprint density at radius 2 is 2.00 bits per heavy atom. The Morgan fingerprint density at radius 3 is 2.36 bits per heavy atom. The van der Waals surface area contributed by atoms with Crippen LogP contribution in [0.15, 0.2) is 16.3 Å². The second kappa shape index (κ2) is 3.56. The van der Waals surface area contributed by atoms with Crippen molar-refractivity contribution in [2.24, 2.45) is 10.4 Å². The van der Waals surface area contributed by atoms with Gasteiger partial charge in [-0.05, 0) is 40.2 Å². The summed E-state index contributed by atoms with van der Waals surface area (Å²) in [4.78, 5) is 16.1. The van der Waals surface area contributed by atoms with Crippen LogP contribution in [0.4, 0.5) is 0 Å². The maximum Gasteiger partial charge on any atom is 0.321 e. The average Bonchev–Trinajstić information content (AvgIpc) is 2.32. The van der Waals surface area contributed by atoms with Crippen LogP contribution in [0.1, 0.15) is 34.6 Å². The van der Waals surface area contributed by atoms with Crippen molar-refractivity contribution in [3.63, 3.8) is 0 Å². The lowest BCUT2D eigenvalue weighted by Crippen LogP contribution is -2.35. The van der Waals surface area contributed by atoms with E-state index in [1.807, 2.05) is 34.6 Å². The maximum atomic E-state index is 11.8. The summed E-state index contributed by atoms with van der Waals surface area (Å²) < 4.78 is 5.06. The lowest BCUT2D eigenvalue weighted by molar-refractivity contribution is -0.148. The molecule has 0 radical (unpaired) electrons. The van der Waals surface area contributed by atoms with Crippen LogP contribution in [0.3, 0.4) is 0 Å². The second-order valence-corrected chi connectivity index (χ2v) is 3.75. The molecule has 1 atom stereocenters. The highest BCUT2D eigenvalue weighted by Crippen LogP contribution is 2.38. The summed E-state index contributed by atoms with van der Waals surface area (Å²) in [6.45, 7) is 9.82. The molecule has 0 N–H and O–H groups in total. The lowest BCUT2D eigenvalue weighted by atomic mass is 9.80. The molecular weight excluding hydrogens is 178 g/mol. The fraction of sp³-hybridized carbons (Fsp3) is 0.636. The Labute approximate surface area is 84.9 Å². The van der Waals surface area contributed by atoms with Crippen LogP contribution in [-0.2, 0) is 9.53 Å². The number of hydrogen-bond donors (Lipinski definition) is 0. The van der Waals surface area contributed by atoms with Crippen molar-refractivity contribution in [1.29, 1.82) is 0 Å². The van der Waals surface area contributed by atoms with E-state index >= 15 is 0 Å². The minimum absolute atomic E-state index is 0.199. The number of allylic oxidation sites excluding steroid dienone is 1. The van der Waals surface area contributed by atoms with E-state index < -0.39 is 5.41 Å². The van der Waals surface area contributed by atoms with Gasteiger partial charge in [-0.1, -0.05) is 0 Å². The topological polar surface area (TPSA) is 38.7 Å². The third kappa shape index (κ3) is 1.37. The first-order valence-corrected chi connectivity index (χ1v) is 4.85. The summed E-state index contributed by atoms with van der Waals surface area (Å²) in [5.41, 5.74) is 2.11. The van der Waals surface area contributed by atoms with Gasteiger partial charge in [-0.2, -0.15) is 0 Å². The smallest absolute Gasteiger partial charge is 0.321 e. The van der Waals surface area contributed by atoms with Crippen molar-refractivity contribution >= 4 is 11.7 Å². The highest BCUT2D eigenvalue weighted by Gasteiger charge is 2.43. The third-order valence-corrected chi connectivity index (χ3v) is 3.04. The molecule has 1 heterocycles. The number of carbonyl (C=O) groups is 1. The van der Waals surface area contributed by atoms with E-state index in [9.17, 15) is 4.79 Å². The van der Waals surface area contributed by atoms with E-state index in [2.05, 4.69) is 4.99 Å². The highest BCUT2D eigenvalue weighted by atomic mass is 16.5. The number of nitrogens with zero attached hydrogens (tertiary/aromatic N) is 1. The van der Waals surface area contributed by atoms with Gasteiger partial charge in [0.15, 0.2) is 0 Å². The van der Waals surface area contributed by atoms with Crippen molar-refractivity contribution in [2.45, 2.75) is 34.6 Å². The molecule has 0 aromatic rings. The standard InChI is InChI=1S/C11H17NO2/c1-6-14-10(13)11(5)7(2)8(3)12-9(11)4/h6H2,1-5H3. The van der Waals surface area contributed by atoms with Gasteiger partial charge in [-0.15, -0.1) is 0 Å². The zero-order chi connectivity index (χ0) is 10.9. The molecule has 0 aromatic heterocycles.